The summed E-state index contributed by atoms with van der Waals surface area (Å²) in [5.41, 5.74) is 3.26. The second-order valence-corrected chi connectivity index (χ2v) is 8.01. The van der Waals surface area contributed by atoms with Crippen LogP contribution in [0.15, 0.2) is 35.6 Å². The molecule has 0 N–H and O–H groups in total. The normalized spacial score (nSPS) is 12.3. The lowest BCUT2D eigenvalue weighted by Gasteiger charge is -2.22. The highest BCUT2D eigenvalue weighted by molar-refractivity contribution is 7.89. The highest BCUT2D eigenvalue weighted by atomic mass is 32.2. The van der Waals surface area contributed by atoms with E-state index in [2.05, 4.69) is 10.1 Å². The van der Waals surface area contributed by atoms with Crippen LogP contribution in [-0.4, -0.2) is 52.1 Å². The number of imidazole rings is 1. The monoisotopic (exact) mass is 377 g/mol. The second kappa shape index (κ2) is 7.18. The molecule has 0 aromatic carbocycles. The van der Waals surface area contributed by atoms with E-state index in [4.69, 9.17) is 4.74 Å². The zero-order chi connectivity index (χ0) is 18.9. The zero-order valence-corrected chi connectivity index (χ0v) is 16.2. The number of ether oxygens (including phenoxy) is 1. The van der Waals surface area contributed by atoms with Gasteiger partial charge in [-0.15, -0.1) is 0 Å². The molecule has 0 saturated carbocycles. The summed E-state index contributed by atoms with van der Waals surface area (Å²) in [7, 11) is -0.356. The average molecular weight is 377 g/mol. The van der Waals surface area contributed by atoms with Gasteiger partial charge in [0.15, 0.2) is 5.03 Å². The van der Waals surface area contributed by atoms with Crippen LogP contribution in [-0.2, 0) is 28.4 Å². The topological polar surface area (TPSA) is 81.7 Å². The van der Waals surface area contributed by atoms with E-state index in [1.807, 2.05) is 27.0 Å². The van der Waals surface area contributed by atoms with Gasteiger partial charge in [-0.2, -0.15) is 9.40 Å². The third-order valence-electron chi connectivity index (χ3n) is 4.53. The van der Waals surface area contributed by atoms with Crippen molar-refractivity contribution in [2.24, 2.45) is 7.05 Å². The standard InChI is InChI=1S/C17H23N5O3S/c1-13-15(14(2)20(3)19-13)12-21(9-10-25-4)26(23,24)17-11-18-16-7-5-6-8-22(16)17/h5-8,11H,9-10,12H2,1-4H3. The van der Waals surface area contributed by atoms with Crippen LogP contribution in [0.3, 0.4) is 0 Å². The van der Waals surface area contributed by atoms with E-state index in [0.29, 0.717) is 12.3 Å². The van der Waals surface area contributed by atoms with Crippen molar-refractivity contribution in [2.75, 3.05) is 20.3 Å². The fourth-order valence-corrected chi connectivity index (χ4v) is 4.40. The van der Waals surface area contributed by atoms with Gasteiger partial charge in [-0.3, -0.25) is 9.08 Å². The number of hydrogen-bond donors (Lipinski definition) is 0. The first-order valence-electron chi connectivity index (χ1n) is 8.26. The van der Waals surface area contributed by atoms with E-state index >= 15 is 0 Å². The third kappa shape index (κ3) is 3.25. The van der Waals surface area contributed by atoms with Crippen molar-refractivity contribution < 1.29 is 13.2 Å². The number of rotatable bonds is 7. The van der Waals surface area contributed by atoms with Gasteiger partial charge in [0.1, 0.15) is 5.65 Å². The number of aromatic nitrogens is 4. The second-order valence-electron chi connectivity index (χ2n) is 6.13. The Kier molecular flexibility index (Phi) is 5.12. The molecule has 9 heteroatoms. The number of nitrogens with zero attached hydrogens (tertiary/aromatic N) is 5. The SMILES string of the molecule is COCCN(Cc1c(C)nn(C)c1C)S(=O)(=O)c1cnc2ccccn12. The Balaban J connectivity index is 2.03. The fraction of sp³-hybridized carbons (Fsp3) is 0.412. The molecule has 0 aliphatic carbocycles. The maximum atomic E-state index is 13.3. The predicted octanol–water partition coefficient (Wildman–Crippen LogP) is 1.52. The summed E-state index contributed by atoms with van der Waals surface area (Å²) in [6, 6.07) is 5.38. The summed E-state index contributed by atoms with van der Waals surface area (Å²) >= 11 is 0. The highest BCUT2D eigenvalue weighted by Gasteiger charge is 2.29. The fourth-order valence-electron chi connectivity index (χ4n) is 2.93. The largest absolute Gasteiger partial charge is 0.383 e. The average Bonchev–Trinajstić information content (AvgIpc) is 3.14. The molecule has 0 aliphatic rings. The lowest BCUT2D eigenvalue weighted by atomic mass is 10.2. The molecule has 0 spiro atoms. The van der Waals surface area contributed by atoms with E-state index in [1.165, 1.54) is 10.5 Å². The Labute approximate surface area is 153 Å². The van der Waals surface area contributed by atoms with Crippen LogP contribution >= 0.6 is 0 Å². The summed E-state index contributed by atoms with van der Waals surface area (Å²) in [6.45, 7) is 4.60. The van der Waals surface area contributed by atoms with Crippen LogP contribution in [0.1, 0.15) is 17.0 Å². The van der Waals surface area contributed by atoms with Crippen molar-refractivity contribution in [1.29, 1.82) is 0 Å². The molecule has 0 saturated heterocycles. The number of hydrogen-bond acceptors (Lipinski definition) is 5. The molecule has 0 fully saturated rings. The van der Waals surface area contributed by atoms with Crippen molar-refractivity contribution in [3.05, 3.63) is 47.5 Å². The van der Waals surface area contributed by atoms with Gasteiger partial charge < -0.3 is 4.74 Å². The van der Waals surface area contributed by atoms with Crippen LogP contribution in [0.25, 0.3) is 5.65 Å². The molecular formula is C17H23N5O3S. The quantitative estimate of drug-likeness (QED) is 0.624. The Morgan fingerprint density at radius 3 is 2.69 bits per heavy atom. The molecule has 0 aliphatic heterocycles. The van der Waals surface area contributed by atoms with Crippen molar-refractivity contribution in [1.82, 2.24) is 23.5 Å². The van der Waals surface area contributed by atoms with Crippen molar-refractivity contribution in [2.45, 2.75) is 25.4 Å². The molecule has 0 radical (unpaired) electrons. The summed E-state index contributed by atoms with van der Waals surface area (Å²) < 4.78 is 36.6. The summed E-state index contributed by atoms with van der Waals surface area (Å²) in [5, 5.41) is 4.53. The lowest BCUT2D eigenvalue weighted by Crippen LogP contribution is -2.34. The minimum absolute atomic E-state index is 0.142. The van der Waals surface area contributed by atoms with Crippen molar-refractivity contribution in [3.63, 3.8) is 0 Å². The zero-order valence-electron chi connectivity index (χ0n) is 15.4. The van der Waals surface area contributed by atoms with Gasteiger partial charge >= 0.3 is 0 Å². The minimum Gasteiger partial charge on any atom is -0.383 e. The van der Waals surface area contributed by atoms with Crippen LogP contribution in [0.4, 0.5) is 0 Å². The number of sulfonamides is 1. The van der Waals surface area contributed by atoms with Gasteiger partial charge in [0.25, 0.3) is 10.0 Å². The molecule has 3 rings (SSSR count). The van der Waals surface area contributed by atoms with Crippen molar-refractivity contribution >= 4 is 15.7 Å². The van der Waals surface area contributed by atoms with E-state index < -0.39 is 10.0 Å². The van der Waals surface area contributed by atoms with E-state index in [1.54, 1.807) is 34.5 Å². The maximum absolute atomic E-state index is 13.3. The summed E-state index contributed by atoms with van der Waals surface area (Å²) in [5.74, 6) is 0. The van der Waals surface area contributed by atoms with Crippen LogP contribution in [0.5, 0.6) is 0 Å². The molecule has 3 aromatic heterocycles. The number of methoxy groups -OCH3 is 1. The molecule has 0 atom stereocenters. The van der Waals surface area contributed by atoms with Gasteiger partial charge in [0.05, 0.1) is 18.5 Å². The number of fused-ring (bicyclic) bond motifs is 1. The molecule has 8 nitrogen and oxygen atoms in total. The van der Waals surface area contributed by atoms with Gasteiger partial charge in [-0.05, 0) is 26.0 Å². The molecule has 0 unspecified atom stereocenters. The summed E-state index contributed by atoms with van der Waals surface area (Å²) in [6.07, 6.45) is 3.09. The van der Waals surface area contributed by atoms with E-state index in [-0.39, 0.29) is 18.1 Å². The van der Waals surface area contributed by atoms with E-state index in [0.717, 1.165) is 17.0 Å². The first-order chi connectivity index (χ1) is 12.4. The van der Waals surface area contributed by atoms with Crippen LogP contribution in [0.2, 0.25) is 0 Å². The van der Waals surface area contributed by atoms with Crippen molar-refractivity contribution in [3.8, 4) is 0 Å². The van der Waals surface area contributed by atoms with Gasteiger partial charge in [-0.25, -0.2) is 13.4 Å². The minimum atomic E-state index is -3.76. The van der Waals surface area contributed by atoms with Crippen LogP contribution < -0.4 is 0 Å². The molecule has 26 heavy (non-hydrogen) atoms. The molecule has 140 valence electrons. The van der Waals surface area contributed by atoms with E-state index in [9.17, 15) is 8.42 Å². The highest BCUT2D eigenvalue weighted by Crippen LogP contribution is 2.22. The molecule has 0 bridgehead atoms. The lowest BCUT2D eigenvalue weighted by molar-refractivity contribution is 0.177. The Morgan fingerprint density at radius 1 is 1.27 bits per heavy atom. The Morgan fingerprint density at radius 2 is 2.04 bits per heavy atom. The maximum Gasteiger partial charge on any atom is 0.261 e. The molecule has 0 amide bonds. The Bertz CT molecular complexity index is 1020. The first-order valence-corrected chi connectivity index (χ1v) is 9.70. The smallest absolute Gasteiger partial charge is 0.261 e. The molecule has 3 heterocycles. The molecule has 3 aromatic rings. The molecular weight excluding hydrogens is 354 g/mol. The summed E-state index contributed by atoms with van der Waals surface area (Å²) in [4.78, 5) is 4.20. The third-order valence-corrected chi connectivity index (χ3v) is 6.35. The first kappa shape index (κ1) is 18.6. The Hall–Kier alpha value is -2.23. The number of pyridine rings is 1. The van der Waals surface area contributed by atoms with Gasteiger partial charge in [0.2, 0.25) is 0 Å². The number of aryl methyl sites for hydroxylation is 2. The van der Waals surface area contributed by atoms with Crippen LogP contribution in [0, 0.1) is 13.8 Å². The van der Waals surface area contributed by atoms with Gasteiger partial charge in [0, 0.05) is 44.7 Å². The predicted molar refractivity (Wildman–Crippen MR) is 97.3 cm³/mol. The van der Waals surface area contributed by atoms with Gasteiger partial charge in [-0.1, -0.05) is 6.07 Å².